The lowest BCUT2D eigenvalue weighted by Gasteiger charge is -2.20. The summed E-state index contributed by atoms with van der Waals surface area (Å²) in [7, 11) is 3.59. The number of aldehydes is 1. The lowest BCUT2D eigenvalue weighted by molar-refractivity contribution is 0.112. The van der Waals surface area contributed by atoms with E-state index >= 15 is 0 Å². The van der Waals surface area contributed by atoms with Crippen LogP contribution in [0.2, 0.25) is 0 Å². The number of aromatic nitrogens is 2. The van der Waals surface area contributed by atoms with Gasteiger partial charge in [0.2, 0.25) is 0 Å². The van der Waals surface area contributed by atoms with Gasteiger partial charge in [-0.2, -0.15) is 5.10 Å². The van der Waals surface area contributed by atoms with Gasteiger partial charge in [0, 0.05) is 26.2 Å². The van der Waals surface area contributed by atoms with E-state index in [-0.39, 0.29) is 5.82 Å². The maximum absolute atomic E-state index is 13.6. The van der Waals surface area contributed by atoms with Crippen LogP contribution in [0.4, 0.5) is 10.2 Å². The minimum Gasteiger partial charge on any atom is -0.355 e. The quantitative estimate of drug-likeness (QED) is 0.793. The third-order valence-corrected chi connectivity index (χ3v) is 3.08. The molecule has 0 N–H and O–H groups in total. The Morgan fingerprint density at radius 3 is 2.74 bits per heavy atom. The highest BCUT2D eigenvalue weighted by Gasteiger charge is 2.17. The summed E-state index contributed by atoms with van der Waals surface area (Å²) in [5, 5.41) is 4.22. The Kier molecular flexibility index (Phi) is 3.64. The SMILES string of the molecule is Cc1nn(C)c(N(C)Cc2ccccc2F)c1C=O. The largest absolute Gasteiger partial charge is 0.355 e. The second-order valence-electron chi connectivity index (χ2n) is 4.51. The number of benzene rings is 1. The van der Waals surface area contributed by atoms with Crippen molar-refractivity contribution in [3.63, 3.8) is 0 Å². The van der Waals surface area contributed by atoms with Gasteiger partial charge in [-0.3, -0.25) is 9.48 Å². The average Bonchev–Trinajstić information content (AvgIpc) is 2.66. The fourth-order valence-corrected chi connectivity index (χ4v) is 2.21. The molecular formula is C14H16FN3O. The van der Waals surface area contributed by atoms with Crippen LogP contribution in [0.15, 0.2) is 24.3 Å². The number of nitrogens with zero attached hydrogens (tertiary/aromatic N) is 3. The normalized spacial score (nSPS) is 10.5. The molecule has 0 aliphatic heterocycles. The Morgan fingerprint density at radius 2 is 2.11 bits per heavy atom. The monoisotopic (exact) mass is 261 g/mol. The summed E-state index contributed by atoms with van der Waals surface area (Å²) in [6.45, 7) is 2.16. The zero-order chi connectivity index (χ0) is 14.0. The van der Waals surface area contributed by atoms with Crippen molar-refractivity contribution in [1.82, 2.24) is 9.78 Å². The Labute approximate surface area is 111 Å². The summed E-state index contributed by atoms with van der Waals surface area (Å²) >= 11 is 0. The van der Waals surface area contributed by atoms with Gasteiger partial charge in [-0.1, -0.05) is 18.2 Å². The van der Waals surface area contributed by atoms with Crippen molar-refractivity contribution in [2.45, 2.75) is 13.5 Å². The van der Waals surface area contributed by atoms with Crippen molar-refractivity contribution in [3.05, 3.63) is 46.9 Å². The Morgan fingerprint density at radius 1 is 1.42 bits per heavy atom. The van der Waals surface area contributed by atoms with Crippen LogP contribution in [0.5, 0.6) is 0 Å². The lowest BCUT2D eigenvalue weighted by Crippen LogP contribution is -2.21. The smallest absolute Gasteiger partial charge is 0.155 e. The van der Waals surface area contributed by atoms with Gasteiger partial charge in [0.25, 0.3) is 0 Å². The summed E-state index contributed by atoms with van der Waals surface area (Å²) in [6, 6.07) is 6.61. The maximum atomic E-state index is 13.6. The molecule has 0 aliphatic rings. The topological polar surface area (TPSA) is 38.1 Å². The molecule has 19 heavy (non-hydrogen) atoms. The first-order valence-electron chi connectivity index (χ1n) is 5.98. The van der Waals surface area contributed by atoms with Crippen LogP contribution in [0.1, 0.15) is 21.6 Å². The number of anilines is 1. The van der Waals surface area contributed by atoms with Crippen LogP contribution in [0, 0.1) is 12.7 Å². The lowest BCUT2D eigenvalue weighted by atomic mass is 10.2. The van der Waals surface area contributed by atoms with E-state index in [1.165, 1.54) is 6.07 Å². The second kappa shape index (κ2) is 5.22. The van der Waals surface area contributed by atoms with Crippen LogP contribution in [0.3, 0.4) is 0 Å². The highest BCUT2D eigenvalue weighted by Crippen LogP contribution is 2.22. The number of hydrogen-bond donors (Lipinski definition) is 0. The summed E-state index contributed by atoms with van der Waals surface area (Å²) < 4.78 is 15.3. The van der Waals surface area contributed by atoms with Crippen molar-refractivity contribution in [2.75, 3.05) is 11.9 Å². The van der Waals surface area contributed by atoms with E-state index in [0.717, 1.165) is 6.29 Å². The van der Waals surface area contributed by atoms with Gasteiger partial charge in [0.15, 0.2) is 6.29 Å². The van der Waals surface area contributed by atoms with Crippen LogP contribution >= 0.6 is 0 Å². The van der Waals surface area contributed by atoms with Crippen LogP contribution in [-0.4, -0.2) is 23.1 Å². The molecule has 1 heterocycles. The maximum Gasteiger partial charge on any atom is 0.155 e. The fourth-order valence-electron chi connectivity index (χ4n) is 2.21. The number of carbonyl (C=O) groups excluding carboxylic acids is 1. The van der Waals surface area contributed by atoms with Crippen LogP contribution in [-0.2, 0) is 13.6 Å². The van der Waals surface area contributed by atoms with Crippen molar-refractivity contribution < 1.29 is 9.18 Å². The van der Waals surface area contributed by atoms with Gasteiger partial charge in [0.05, 0.1) is 11.3 Å². The van der Waals surface area contributed by atoms with Gasteiger partial charge in [-0.15, -0.1) is 0 Å². The van der Waals surface area contributed by atoms with E-state index in [2.05, 4.69) is 5.10 Å². The minimum absolute atomic E-state index is 0.249. The predicted molar refractivity (Wildman–Crippen MR) is 71.8 cm³/mol. The van der Waals surface area contributed by atoms with E-state index in [4.69, 9.17) is 0 Å². The molecule has 0 spiro atoms. The zero-order valence-electron chi connectivity index (χ0n) is 11.2. The number of rotatable bonds is 4. The van der Waals surface area contributed by atoms with Gasteiger partial charge in [0.1, 0.15) is 11.6 Å². The molecule has 2 rings (SSSR count). The van der Waals surface area contributed by atoms with Crippen molar-refractivity contribution in [3.8, 4) is 0 Å². The van der Waals surface area contributed by atoms with Crippen LogP contribution in [0.25, 0.3) is 0 Å². The summed E-state index contributed by atoms with van der Waals surface area (Å²) in [5.41, 5.74) is 1.80. The third kappa shape index (κ3) is 2.50. The van der Waals surface area contributed by atoms with Gasteiger partial charge < -0.3 is 4.90 Å². The summed E-state index contributed by atoms with van der Waals surface area (Å²) in [4.78, 5) is 13.0. The standard InChI is InChI=1S/C14H16FN3O/c1-10-12(9-19)14(18(3)16-10)17(2)8-11-6-4-5-7-13(11)15/h4-7,9H,8H2,1-3H3. The van der Waals surface area contributed by atoms with Gasteiger partial charge in [-0.05, 0) is 13.0 Å². The predicted octanol–water partition coefficient (Wildman–Crippen LogP) is 2.32. The molecule has 2 aromatic rings. The number of aryl methyl sites for hydroxylation is 2. The zero-order valence-corrected chi connectivity index (χ0v) is 11.2. The molecule has 1 aromatic carbocycles. The first-order chi connectivity index (χ1) is 9.04. The summed E-state index contributed by atoms with van der Waals surface area (Å²) in [5.74, 6) is 0.441. The molecule has 0 saturated carbocycles. The molecule has 0 bridgehead atoms. The van der Waals surface area contributed by atoms with Crippen molar-refractivity contribution in [2.24, 2.45) is 7.05 Å². The molecule has 100 valence electrons. The molecule has 0 fully saturated rings. The molecule has 0 radical (unpaired) electrons. The van der Waals surface area contributed by atoms with Gasteiger partial charge in [-0.25, -0.2) is 4.39 Å². The summed E-state index contributed by atoms with van der Waals surface area (Å²) in [6.07, 6.45) is 0.787. The molecule has 0 saturated heterocycles. The number of hydrogen-bond acceptors (Lipinski definition) is 3. The highest BCUT2D eigenvalue weighted by molar-refractivity contribution is 5.84. The Bertz CT molecular complexity index is 607. The van der Waals surface area contributed by atoms with Crippen LogP contribution < -0.4 is 4.90 Å². The molecular weight excluding hydrogens is 245 g/mol. The first-order valence-corrected chi connectivity index (χ1v) is 5.98. The Balaban J connectivity index is 2.33. The molecule has 4 nitrogen and oxygen atoms in total. The third-order valence-electron chi connectivity index (χ3n) is 3.08. The van der Waals surface area contributed by atoms with E-state index in [0.29, 0.717) is 29.2 Å². The molecule has 0 atom stereocenters. The number of halogens is 1. The molecule has 5 heteroatoms. The molecule has 0 unspecified atom stereocenters. The average molecular weight is 261 g/mol. The molecule has 0 amide bonds. The second-order valence-corrected chi connectivity index (χ2v) is 4.51. The van der Waals surface area contributed by atoms with Crippen molar-refractivity contribution in [1.29, 1.82) is 0 Å². The first kappa shape index (κ1) is 13.3. The molecule has 0 aliphatic carbocycles. The van der Waals surface area contributed by atoms with Gasteiger partial charge >= 0.3 is 0 Å². The fraction of sp³-hybridized carbons (Fsp3) is 0.286. The van der Waals surface area contributed by atoms with E-state index < -0.39 is 0 Å². The minimum atomic E-state index is -0.249. The Hall–Kier alpha value is -2.17. The number of carbonyl (C=O) groups is 1. The molecule has 1 aromatic heterocycles. The highest BCUT2D eigenvalue weighted by atomic mass is 19.1. The van der Waals surface area contributed by atoms with E-state index in [1.54, 1.807) is 36.9 Å². The van der Waals surface area contributed by atoms with E-state index in [9.17, 15) is 9.18 Å². The van der Waals surface area contributed by atoms with E-state index in [1.807, 2.05) is 11.9 Å². The van der Waals surface area contributed by atoms with Crippen molar-refractivity contribution >= 4 is 12.1 Å².